The van der Waals surface area contributed by atoms with Crippen LogP contribution in [0.25, 0.3) is 0 Å². The molecule has 30 heavy (non-hydrogen) atoms. The summed E-state index contributed by atoms with van der Waals surface area (Å²) in [5, 5.41) is 6.49. The van der Waals surface area contributed by atoms with Gasteiger partial charge in [0.15, 0.2) is 0 Å². The molecule has 0 saturated carbocycles. The van der Waals surface area contributed by atoms with Crippen molar-refractivity contribution in [1.29, 1.82) is 0 Å². The highest BCUT2D eigenvalue weighted by Gasteiger charge is 2.30. The molecule has 1 amide bonds. The maximum atomic E-state index is 12.8. The second-order valence-electron chi connectivity index (χ2n) is 6.10. The first-order valence-corrected chi connectivity index (χ1v) is 9.15. The van der Waals surface area contributed by atoms with E-state index in [1.165, 1.54) is 47.4 Å². The standard InChI is InChI=1S/C19H13BrF5N3O2/c20-13-4-5-16(30-18(21)22)15(7-13)17(29)27-14-8-26-28(10-14)9-11-2-1-3-12(6-11)19(23,24)25/h1-8,10,18H,9H2,(H,27,29). The molecular formula is C19H13BrF5N3O2. The Kier molecular flexibility index (Phi) is 6.40. The number of nitrogens with one attached hydrogen (secondary N) is 1. The monoisotopic (exact) mass is 489 g/mol. The van der Waals surface area contributed by atoms with Crippen molar-refractivity contribution in [2.75, 3.05) is 5.32 Å². The largest absolute Gasteiger partial charge is 0.434 e. The number of carbonyl (C=O) groups excluding carboxylic acids is 1. The average molecular weight is 490 g/mol. The predicted molar refractivity (Wildman–Crippen MR) is 102 cm³/mol. The molecule has 0 radical (unpaired) electrons. The van der Waals surface area contributed by atoms with Crippen molar-refractivity contribution in [2.24, 2.45) is 0 Å². The van der Waals surface area contributed by atoms with Crippen molar-refractivity contribution in [3.63, 3.8) is 0 Å². The van der Waals surface area contributed by atoms with E-state index < -0.39 is 24.3 Å². The van der Waals surface area contributed by atoms with Gasteiger partial charge in [0.25, 0.3) is 5.91 Å². The molecule has 5 nitrogen and oxygen atoms in total. The number of rotatable bonds is 6. The molecule has 1 N–H and O–H groups in total. The van der Waals surface area contributed by atoms with Gasteiger partial charge in [-0.05, 0) is 35.9 Å². The fraction of sp³-hybridized carbons (Fsp3) is 0.158. The van der Waals surface area contributed by atoms with E-state index in [2.05, 4.69) is 31.1 Å². The van der Waals surface area contributed by atoms with Crippen LogP contribution in [0.15, 0.2) is 59.3 Å². The van der Waals surface area contributed by atoms with Crippen LogP contribution < -0.4 is 10.1 Å². The van der Waals surface area contributed by atoms with Gasteiger partial charge in [0.1, 0.15) is 5.75 Å². The van der Waals surface area contributed by atoms with E-state index in [0.29, 0.717) is 10.0 Å². The number of nitrogens with zero attached hydrogens (tertiary/aromatic N) is 2. The van der Waals surface area contributed by atoms with E-state index in [-0.39, 0.29) is 23.5 Å². The van der Waals surface area contributed by atoms with E-state index in [0.717, 1.165) is 12.1 Å². The summed E-state index contributed by atoms with van der Waals surface area (Å²) in [4.78, 5) is 12.5. The van der Waals surface area contributed by atoms with Gasteiger partial charge in [0.05, 0.1) is 29.6 Å². The van der Waals surface area contributed by atoms with Gasteiger partial charge in [0, 0.05) is 10.7 Å². The Labute approximate surface area is 175 Å². The van der Waals surface area contributed by atoms with E-state index in [1.54, 1.807) is 0 Å². The summed E-state index contributed by atoms with van der Waals surface area (Å²) in [5.41, 5.74) is -0.308. The average Bonchev–Trinajstić information content (AvgIpc) is 3.09. The summed E-state index contributed by atoms with van der Waals surface area (Å²) >= 11 is 3.16. The lowest BCUT2D eigenvalue weighted by Gasteiger charge is -2.11. The molecule has 0 atom stereocenters. The molecule has 0 fully saturated rings. The Morgan fingerprint density at radius 2 is 1.97 bits per heavy atom. The lowest BCUT2D eigenvalue weighted by molar-refractivity contribution is -0.137. The number of benzene rings is 2. The Morgan fingerprint density at radius 3 is 2.67 bits per heavy atom. The minimum absolute atomic E-state index is 0.0381. The van der Waals surface area contributed by atoms with Crippen LogP contribution in [0.3, 0.4) is 0 Å². The number of halogens is 6. The summed E-state index contributed by atoms with van der Waals surface area (Å²) in [6, 6.07) is 8.78. The van der Waals surface area contributed by atoms with Crippen LogP contribution in [0.1, 0.15) is 21.5 Å². The van der Waals surface area contributed by atoms with Crippen molar-refractivity contribution in [3.05, 3.63) is 76.0 Å². The number of ether oxygens (including phenoxy) is 1. The van der Waals surface area contributed by atoms with Crippen LogP contribution in [-0.4, -0.2) is 22.3 Å². The third-order valence-electron chi connectivity index (χ3n) is 3.89. The number of aromatic nitrogens is 2. The first-order valence-electron chi connectivity index (χ1n) is 8.36. The number of anilines is 1. The molecule has 1 heterocycles. The van der Waals surface area contributed by atoms with E-state index in [9.17, 15) is 26.7 Å². The van der Waals surface area contributed by atoms with Gasteiger partial charge in [0.2, 0.25) is 0 Å². The third kappa shape index (κ3) is 5.56. The first-order chi connectivity index (χ1) is 14.1. The number of alkyl halides is 5. The van der Waals surface area contributed by atoms with Gasteiger partial charge >= 0.3 is 12.8 Å². The van der Waals surface area contributed by atoms with Gasteiger partial charge in [-0.3, -0.25) is 9.48 Å². The molecule has 3 rings (SSSR count). The zero-order valence-corrected chi connectivity index (χ0v) is 16.5. The van der Waals surface area contributed by atoms with Crippen molar-refractivity contribution in [1.82, 2.24) is 9.78 Å². The molecule has 11 heteroatoms. The van der Waals surface area contributed by atoms with Gasteiger partial charge in [-0.2, -0.15) is 27.1 Å². The highest BCUT2D eigenvalue weighted by molar-refractivity contribution is 9.10. The number of hydrogen-bond donors (Lipinski definition) is 1. The molecule has 0 aliphatic carbocycles. The highest BCUT2D eigenvalue weighted by Crippen LogP contribution is 2.30. The topological polar surface area (TPSA) is 56.2 Å². The molecule has 0 unspecified atom stereocenters. The zero-order chi connectivity index (χ0) is 21.9. The van der Waals surface area contributed by atoms with Gasteiger partial charge in [-0.15, -0.1) is 0 Å². The maximum Gasteiger partial charge on any atom is 0.416 e. The molecule has 0 aliphatic heterocycles. The SMILES string of the molecule is O=C(Nc1cnn(Cc2cccc(C(F)(F)F)c2)c1)c1cc(Br)ccc1OC(F)F. The first kappa shape index (κ1) is 21.8. The number of hydrogen-bond acceptors (Lipinski definition) is 3. The summed E-state index contributed by atoms with van der Waals surface area (Å²) in [6.07, 6.45) is -1.76. The van der Waals surface area contributed by atoms with Gasteiger partial charge in [-0.1, -0.05) is 28.1 Å². The Bertz CT molecular complexity index is 1050. The van der Waals surface area contributed by atoms with Crippen molar-refractivity contribution in [2.45, 2.75) is 19.3 Å². The third-order valence-corrected chi connectivity index (χ3v) is 4.39. The van der Waals surface area contributed by atoms with Crippen LogP contribution >= 0.6 is 15.9 Å². The second-order valence-corrected chi connectivity index (χ2v) is 7.01. The van der Waals surface area contributed by atoms with E-state index in [1.807, 2.05) is 0 Å². The summed E-state index contributed by atoms with van der Waals surface area (Å²) < 4.78 is 69.8. The molecule has 3 aromatic rings. The normalized spacial score (nSPS) is 11.6. The Morgan fingerprint density at radius 1 is 1.20 bits per heavy atom. The lowest BCUT2D eigenvalue weighted by Crippen LogP contribution is -2.15. The highest BCUT2D eigenvalue weighted by atomic mass is 79.9. The van der Waals surface area contributed by atoms with Crippen molar-refractivity contribution in [3.8, 4) is 5.75 Å². The second kappa shape index (κ2) is 8.82. The molecule has 1 aromatic heterocycles. The summed E-state index contributed by atoms with van der Waals surface area (Å²) in [7, 11) is 0. The van der Waals surface area contributed by atoms with Crippen molar-refractivity contribution < 1.29 is 31.5 Å². The molecule has 0 saturated heterocycles. The number of amides is 1. The van der Waals surface area contributed by atoms with E-state index in [4.69, 9.17) is 0 Å². The fourth-order valence-electron chi connectivity index (χ4n) is 2.62. The molecule has 158 valence electrons. The van der Waals surface area contributed by atoms with E-state index >= 15 is 0 Å². The maximum absolute atomic E-state index is 12.8. The zero-order valence-electron chi connectivity index (χ0n) is 15.0. The Hall–Kier alpha value is -2.95. The molecular weight excluding hydrogens is 477 g/mol. The quantitative estimate of drug-likeness (QED) is 0.460. The van der Waals surface area contributed by atoms with Crippen LogP contribution in [0, 0.1) is 0 Å². The van der Waals surface area contributed by atoms with Crippen LogP contribution in [-0.2, 0) is 12.7 Å². The minimum Gasteiger partial charge on any atom is -0.434 e. The Balaban J connectivity index is 1.73. The van der Waals surface area contributed by atoms with Gasteiger partial charge in [-0.25, -0.2) is 0 Å². The molecule has 0 aliphatic rings. The fourth-order valence-corrected chi connectivity index (χ4v) is 2.99. The predicted octanol–water partition coefficient (Wildman–Crippen LogP) is 5.57. The van der Waals surface area contributed by atoms with Crippen LogP contribution in [0.2, 0.25) is 0 Å². The molecule has 2 aromatic carbocycles. The smallest absolute Gasteiger partial charge is 0.416 e. The summed E-state index contributed by atoms with van der Waals surface area (Å²) in [6.45, 7) is -3.07. The lowest BCUT2D eigenvalue weighted by atomic mass is 10.1. The van der Waals surface area contributed by atoms with Crippen LogP contribution in [0.5, 0.6) is 5.75 Å². The van der Waals surface area contributed by atoms with Crippen molar-refractivity contribution >= 4 is 27.5 Å². The minimum atomic E-state index is -4.46. The van der Waals surface area contributed by atoms with Crippen LogP contribution in [0.4, 0.5) is 27.6 Å². The summed E-state index contributed by atoms with van der Waals surface area (Å²) in [5.74, 6) is -1.02. The van der Waals surface area contributed by atoms with Gasteiger partial charge < -0.3 is 10.1 Å². The number of carbonyl (C=O) groups is 1. The molecule has 0 spiro atoms. The molecule has 0 bridgehead atoms.